The van der Waals surface area contributed by atoms with Gasteiger partial charge in [-0.3, -0.25) is 9.30 Å². The van der Waals surface area contributed by atoms with Crippen LogP contribution in [0.25, 0.3) is 4.96 Å². The lowest BCUT2D eigenvalue weighted by Gasteiger charge is -2.26. The Morgan fingerprint density at radius 1 is 1.35 bits per heavy atom. The summed E-state index contributed by atoms with van der Waals surface area (Å²) in [6.45, 7) is 2.13. The Morgan fingerprint density at radius 3 is 3.05 bits per heavy atom. The molecule has 6 heteroatoms. The summed E-state index contributed by atoms with van der Waals surface area (Å²) in [5, 5.41) is 11.7. The van der Waals surface area contributed by atoms with Crippen LogP contribution in [-0.2, 0) is 6.61 Å². The third-order valence-electron chi connectivity index (χ3n) is 4.94. The van der Waals surface area contributed by atoms with E-state index in [1.54, 1.807) is 11.3 Å². The molecule has 2 aromatic heterocycles. The van der Waals surface area contributed by atoms with Crippen molar-refractivity contribution >= 4 is 22.1 Å². The van der Waals surface area contributed by atoms with E-state index >= 15 is 0 Å². The Morgan fingerprint density at radius 2 is 2.20 bits per heavy atom. The highest BCUT2D eigenvalue weighted by atomic mass is 32.1. The Labute approximate surface area is 122 Å². The number of aliphatic hydroxyl groups excluding tert-OH is 1. The zero-order valence-electron chi connectivity index (χ0n) is 11.7. The highest BCUT2D eigenvalue weighted by Crippen LogP contribution is 2.32. The van der Waals surface area contributed by atoms with Crippen LogP contribution in [0.1, 0.15) is 25.0 Å². The van der Waals surface area contributed by atoms with Crippen molar-refractivity contribution in [3.63, 3.8) is 0 Å². The monoisotopic (exact) mass is 292 g/mol. The molecule has 108 valence electrons. The molecule has 0 spiro atoms. The molecule has 0 aromatic carbocycles. The second kappa shape index (κ2) is 4.72. The molecular formula is C14H20N4OS. The second-order valence-electron chi connectivity index (χ2n) is 5.88. The lowest BCUT2D eigenvalue weighted by molar-refractivity contribution is 0.254. The predicted octanol–water partition coefficient (Wildman–Crippen LogP) is 1.56. The van der Waals surface area contributed by atoms with Gasteiger partial charge in [0.05, 0.1) is 12.3 Å². The Balaban J connectivity index is 1.70. The van der Waals surface area contributed by atoms with E-state index in [2.05, 4.69) is 16.8 Å². The van der Waals surface area contributed by atoms with E-state index in [4.69, 9.17) is 4.98 Å². The fourth-order valence-electron chi connectivity index (χ4n) is 3.72. The van der Waals surface area contributed by atoms with Crippen molar-refractivity contribution in [3.8, 4) is 0 Å². The number of thiazole rings is 1. The summed E-state index contributed by atoms with van der Waals surface area (Å²) >= 11 is 1.63. The van der Waals surface area contributed by atoms with Crippen LogP contribution in [0, 0.1) is 0 Å². The molecule has 0 amide bonds. The van der Waals surface area contributed by atoms with Crippen LogP contribution in [0.2, 0.25) is 0 Å². The predicted molar refractivity (Wildman–Crippen MR) is 80.4 cm³/mol. The first kappa shape index (κ1) is 12.6. The lowest BCUT2D eigenvalue weighted by atomic mass is 10.1. The van der Waals surface area contributed by atoms with Crippen LogP contribution >= 0.6 is 11.3 Å². The van der Waals surface area contributed by atoms with Gasteiger partial charge in [0, 0.05) is 36.8 Å². The first-order valence-corrected chi connectivity index (χ1v) is 8.18. The molecule has 2 aliphatic heterocycles. The maximum absolute atomic E-state index is 9.72. The standard InChI is InChI=1S/C14H20N4OS/c1-16-10-2-3-11(16)8-17(5-4-10)13-12(9-19)18-6-7-20-14(18)15-13/h6-7,10-11,19H,2-5,8-9H2,1H3. The summed E-state index contributed by atoms with van der Waals surface area (Å²) in [6, 6.07) is 1.36. The molecule has 20 heavy (non-hydrogen) atoms. The Hall–Kier alpha value is -1.11. The number of imidazole rings is 1. The Bertz CT molecular complexity index is 622. The van der Waals surface area contributed by atoms with E-state index in [0.717, 1.165) is 35.6 Å². The molecule has 2 bridgehead atoms. The number of hydrogen-bond donors (Lipinski definition) is 1. The number of aromatic nitrogens is 2. The van der Waals surface area contributed by atoms with E-state index < -0.39 is 0 Å². The highest BCUT2D eigenvalue weighted by Gasteiger charge is 2.35. The van der Waals surface area contributed by atoms with Crippen LogP contribution in [0.3, 0.4) is 0 Å². The third-order valence-corrected chi connectivity index (χ3v) is 5.69. The zero-order chi connectivity index (χ0) is 13.7. The van der Waals surface area contributed by atoms with Gasteiger partial charge in [-0.05, 0) is 26.3 Å². The molecule has 0 radical (unpaired) electrons. The average molecular weight is 292 g/mol. The van der Waals surface area contributed by atoms with Gasteiger partial charge < -0.3 is 10.0 Å². The van der Waals surface area contributed by atoms with Crippen molar-refractivity contribution in [1.82, 2.24) is 14.3 Å². The molecule has 0 saturated carbocycles. The zero-order valence-corrected chi connectivity index (χ0v) is 12.5. The van der Waals surface area contributed by atoms with Gasteiger partial charge in [-0.25, -0.2) is 4.98 Å². The minimum Gasteiger partial charge on any atom is -0.390 e. The van der Waals surface area contributed by atoms with Crippen LogP contribution in [0.15, 0.2) is 11.6 Å². The van der Waals surface area contributed by atoms with Crippen molar-refractivity contribution in [2.75, 3.05) is 25.0 Å². The summed E-state index contributed by atoms with van der Waals surface area (Å²) < 4.78 is 2.02. The van der Waals surface area contributed by atoms with Gasteiger partial charge in [-0.15, -0.1) is 11.3 Å². The number of fused-ring (bicyclic) bond motifs is 3. The minimum absolute atomic E-state index is 0.0493. The first-order chi connectivity index (χ1) is 9.78. The summed E-state index contributed by atoms with van der Waals surface area (Å²) in [5.74, 6) is 0.986. The normalized spacial score (nSPS) is 27.4. The molecular weight excluding hydrogens is 272 g/mol. The van der Waals surface area contributed by atoms with E-state index in [9.17, 15) is 5.11 Å². The van der Waals surface area contributed by atoms with Gasteiger partial charge >= 0.3 is 0 Å². The smallest absolute Gasteiger partial charge is 0.195 e. The molecule has 2 saturated heterocycles. The summed E-state index contributed by atoms with van der Waals surface area (Å²) in [5.41, 5.74) is 0.932. The quantitative estimate of drug-likeness (QED) is 0.912. The van der Waals surface area contributed by atoms with Crippen molar-refractivity contribution in [3.05, 3.63) is 17.3 Å². The van der Waals surface area contributed by atoms with E-state index in [1.807, 2.05) is 16.0 Å². The van der Waals surface area contributed by atoms with Crippen LogP contribution in [0.4, 0.5) is 5.82 Å². The van der Waals surface area contributed by atoms with Crippen LogP contribution in [0.5, 0.6) is 0 Å². The van der Waals surface area contributed by atoms with Gasteiger partial charge in [0.25, 0.3) is 0 Å². The fourth-order valence-corrected chi connectivity index (χ4v) is 4.45. The van der Waals surface area contributed by atoms with Gasteiger partial charge in [-0.1, -0.05) is 0 Å². The van der Waals surface area contributed by atoms with Crippen molar-refractivity contribution < 1.29 is 5.11 Å². The van der Waals surface area contributed by atoms with Gasteiger partial charge in [0.1, 0.15) is 0 Å². The molecule has 5 nitrogen and oxygen atoms in total. The number of likely N-dealkylation sites (N-methyl/N-ethyl adjacent to an activating group) is 1. The summed E-state index contributed by atoms with van der Waals surface area (Å²) in [4.78, 5) is 10.6. The van der Waals surface area contributed by atoms with E-state index in [1.165, 1.54) is 19.3 Å². The number of hydrogen-bond acceptors (Lipinski definition) is 5. The number of rotatable bonds is 2. The molecule has 4 heterocycles. The van der Waals surface area contributed by atoms with Gasteiger partial charge in [0.2, 0.25) is 0 Å². The highest BCUT2D eigenvalue weighted by molar-refractivity contribution is 7.15. The number of nitrogens with zero attached hydrogens (tertiary/aromatic N) is 4. The number of aliphatic hydroxyl groups is 1. The molecule has 4 rings (SSSR count). The summed E-state index contributed by atoms with van der Waals surface area (Å²) in [7, 11) is 2.25. The van der Waals surface area contributed by atoms with E-state index in [-0.39, 0.29) is 6.61 Å². The average Bonchev–Trinajstić information content (AvgIpc) is 3.04. The topological polar surface area (TPSA) is 44.0 Å². The molecule has 1 N–H and O–H groups in total. The fraction of sp³-hybridized carbons (Fsp3) is 0.643. The minimum atomic E-state index is 0.0493. The van der Waals surface area contributed by atoms with Gasteiger partial charge in [0.15, 0.2) is 10.8 Å². The molecule has 2 unspecified atom stereocenters. The molecule has 2 aromatic rings. The van der Waals surface area contributed by atoms with Gasteiger partial charge in [-0.2, -0.15) is 0 Å². The largest absolute Gasteiger partial charge is 0.390 e. The maximum atomic E-state index is 9.72. The van der Waals surface area contributed by atoms with Crippen molar-refractivity contribution in [1.29, 1.82) is 0 Å². The second-order valence-corrected chi connectivity index (χ2v) is 6.75. The van der Waals surface area contributed by atoms with Crippen molar-refractivity contribution in [2.24, 2.45) is 0 Å². The molecule has 2 fully saturated rings. The SMILES string of the molecule is CN1C2CCC1CN(c1nc3sccn3c1CO)CC2. The molecule has 2 atom stereocenters. The third kappa shape index (κ3) is 1.78. The van der Waals surface area contributed by atoms with Crippen LogP contribution in [-0.4, -0.2) is 51.6 Å². The Kier molecular flexibility index (Phi) is 2.98. The first-order valence-electron chi connectivity index (χ1n) is 7.30. The summed E-state index contributed by atoms with van der Waals surface area (Å²) in [6.07, 6.45) is 5.82. The van der Waals surface area contributed by atoms with E-state index in [0.29, 0.717) is 6.04 Å². The van der Waals surface area contributed by atoms with Crippen LogP contribution < -0.4 is 4.90 Å². The number of anilines is 1. The van der Waals surface area contributed by atoms with Crippen molar-refractivity contribution in [2.45, 2.75) is 38.0 Å². The molecule has 0 aliphatic carbocycles. The lowest BCUT2D eigenvalue weighted by Crippen LogP contribution is -2.37. The molecule has 2 aliphatic rings. The maximum Gasteiger partial charge on any atom is 0.195 e.